The van der Waals surface area contributed by atoms with Crippen molar-refractivity contribution in [2.45, 2.75) is 33.4 Å². The smallest absolute Gasteiger partial charge is 0.421 e. The summed E-state index contributed by atoms with van der Waals surface area (Å²) in [5.74, 6) is -0.139. The Morgan fingerprint density at radius 3 is 2.36 bits per heavy atom. The van der Waals surface area contributed by atoms with Crippen LogP contribution in [0.3, 0.4) is 0 Å². The zero-order chi connectivity index (χ0) is 32.1. The highest BCUT2D eigenvalue weighted by Crippen LogP contribution is 2.36. The molecule has 0 atom stereocenters. The van der Waals surface area contributed by atoms with E-state index in [0.717, 1.165) is 6.08 Å². The van der Waals surface area contributed by atoms with Gasteiger partial charge in [0.05, 0.1) is 7.11 Å². The van der Waals surface area contributed by atoms with E-state index in [4.69, 9.17) is 4.74 Å². The Bertz CT molecular complexity index is 1520. The molecule has 1 saturated heterocycles. The minimum atomic E-state index is -4.74. The molecule has 0 spiro atoms. The van der Waals surface area contributed by atoms with Gasteiger partial charge in [0.15, 0.2) is 0 Å². The van der Waals surface area contributed by atoms with Crippen LogP contribution in [0.1, 0.15) is 32.8 Å². The highest BCUT2D eigenvalue weighted by molar-refractivity contribution is 5.99. The van der Waals surface area contributed by atoms with Gasteiger partial charge in [-0.2, -0.15) is 23.1 Å². The first-order chi connectivity index (χ1) is 20.8. The average molecular weight is 613 g/mol. The minimum Gasteiger partial charge on any atom is -0.479 e. The third kappa shape index (κ3) is 8.36. The van der Waals surface area contributed by atoms with Crippen LogP contribution in [0, 0.1) is 5.41 Å². The molecule has 2 aromatic heterocycles. The molecule has 0 saturated carbocycles. The third-order valence-electron chi connectivity index (χ3n) is 6.60. The quantitative estimate of drug-likeness (QED) is 0.265. The molecule has 1 aliphatic heterocycles. The topological polar surface area (TPSA) is 125 Å². The number of methoxy groups -OCH3 is 1. The fourth-order valence-corrected chi connectivity index (χ4v) is 4.48. The number of nitrogens with zero attached hydrogens (tertiary/aromatic N) is 5. The Kier molecular flexibility index (Phi) is 9.60. The van der Waals surface area contributed by atoms with Crippen molar-refractivity contribution in [1.82, 2.24) is 19.9 Å². The maximum Gasteiger partial charge on any atom is 0.421 e. The number of amides is 2. The summed E-state index contributed by atoms with van der Waals surface area (Å²) in [4.78, 5) is 40.7. The average Bonchev–Trinajstić information content (AvgIpc) is 2.96. The van der Waals surface area contributed by atoms with Gasteiger partial charge in [0, 0.05) is 50.2 Å². The van der Waals surface area contributed by atoms with E-state index in [9.17, 15) is 22.8 Å². The highest BCUT2D eigenvalue weighted by Gasteiger charge is 2.35. The molecule has 1 aromatic carbocycles. The van der Waals surface area contributed by atoms with Gasteiger partial charge in [0.2, 0.25) is 23.6 Å². The predicted molar refractivity (Wildman–Crippen MR) is 163 cm³/mol. The Morgan fingerprint density at radius 2 is 1.73 bits per heavy atom. The second-order valence-electron chi connectivity index (χ2n) is 11.3. The number of alkyl halides is 3. The van der Waals surface area contributed by atoms with E-state index < -0.39 is 23.5 Å². The Morgan fingerprint density at radius 1 is 1.02 bits per heavy atom. The summed E-state index contributed by atoms with van der Waals surface area (Å²) in [7, 11) is 1.43. The van der Waals surface area contributed by atoms with E-state index >= 15 is 0 Å². The summed E-state index contributed by atoms with van der Waals surface area (Å²) in [6.45, 7) is 11.8. The first-order valence-corrected chi connectivity index (χ1v) is 13.9. The largest absolute Gasteiger partial charge is 0.479 e. The van der Waals surface area contributed by atoms with Gasteiger partial charge in [-0.25, -0.2) is 4.98 Å². The SMILES string of the molecule is C=CC(=O)Nc1cccc(Nc2nc(Nc3ccc(N4CCN(C(=O)CC(C)(C)C)CC4)nc3OC)ncc2C(F)(F)F)c1. The van der Waals surface area contributed by atoms with E-state index in [0.29, 0.717) is 56.0 Å². The Labute approximate surface area is 253 Å². The first-order valence-electron chi connectivity index (χ1n) is 13.9. The number of benzene rings is 1. The minimum absolute atomic E-state index is 0.0882. The molecule has 3 N–H and O–H groups in total. The number of hydrogen-bond donors (Lipinski definition) is 3. The van der Waals surface area contributed by atoms with Crippen molar-refractivity contribution in [1.29, 1.82) is 0 Å². The van der Waals surface area contributed by atoms with Crippen LogP contribution in [0.4, 0.5) is 47.8 Å². The number of aromatic nitrogens is 3. The highest BCUT2D eigenvalue weighted by atomic mass is 19.4. The van der Waals surface area contributed by atoms with Gasteiger partial charge in [-0.15, -0.1) is 0 Å². The number of halogens is 3. The van der Waals surface area contributed by atoms with E-state index in [-0.39, 0.29) is 28.8 Å². The van der Waals surface area contributed by atoms with Crippen molar-refractivity contribution in [2.75, 3.05) is 54.1 Å². The number of carbonyl (C=O) groups is 2. The van der Waals surface area contributed by atoms with E-state index in [1.54, 1.807) is 24.3 Å². The molecule has 11 nitrogen and oxygen atoms in total. The molecule has 234 valence electrons. The number of piperazine rings is 1. The number of anilines is 6. The van der Waals surface area contributed by atoms with Crippen molar-refractivity contribution in [3.8, 4) is 5.88 Å². The van der Waals surface area contributed by atoms with Gasteiger partial charge in [-0.05, 0) is 41.8 Å². The van der Waals surface area contributed by atoms with Gasteiger partial charge in [-0.3, -0.25) is 9.59 Å². The summed E-state index contributed by atoms with van der Waals surface area (Å²) in [5.41, 5.74) is -0.213. The molecule has 14 heteroatoms. The van der Waals surface area contributed by atoms with Gasteiger partial charge in [-0.1, -0.05) is 33.4 Å². The first kappa shape index (κ1) is 32.0. The van der Waals surface area contributed by atoms with Crippen LogP contribution in [-0.4, -0.2) is 65.0 Å². The van der Waals surface area contributed by atoms with Crippen LogP contribution in [0.25, 0.3) is 0 Å². The number of pyridine rings is 1. The molecule has 0 unspecified atom stereocenters. The number of hydrogen-bond acceptors (Lipinski definition) is 9. The maximum atomic E-state index is 13.8. The fourth-order valence-electron chi connectivity index (χ4n) is 4.48. The van der Waals surface area contributed by atoms with Crippen molar-refractivity contribution in [3.05, 3.63) is 60.8 Å². The van der Waals surface area contributed by atoms with Gasteiger partial charge < -0.3 is 30.5 Å². The lowest BCUT2D eigenvalue weighted by Gasteiger charge is -2.36. The molecule has 0 radical (unpaired) electrons. The van der Waals surface area contributed by atoms with E-state index in [1.165, 1.54) is 19.2 Å². The molecule has 3 aromatic rings. The molecular weight excluding hydrogens is 577 g/mol. The zero-order valence-electron chi connectivity index (χ0n) is 25.0. The van der Waals surface area contributed by atoms with Crippen molar-refractivity contribution >= 4 is 46.5 Å². The van der Waals surface area contributed by atoms with Crippen LogP contribution < -0.4 is 25.6 Å². The van der Waals surface area contributed by atoms with Gasteiger partial charge in [0.1, 0.15) is 22.9 Å². The Balaban J connectivity index is 1.51. The van der Waals surface area contributed by atoms with Crippen molar-refractivity contribution in [3.63, 3.8) is 0 Å². The second kappa shape index (κ2) is 13.2. The number of nitrogens with one attached hydrogen (secondary N) is 3. The van der Waals surface area contributed by atoms with Crippen molar-refractivity contribution in [2.24, 2.45) is 5.41 Å². The van der Waals surface area contributed by atoms with Gasteiger partial charge >= 0.3 is 6.18 Å². The standard InChI is InChI=1S/C30H35F3N8O3/c1-6-24(42)35-19-8-7-9-20(16-19)36-26-21(30(31,32)33)18-34-28(39-26)37-22-10-11-23(38-27(22)44-5)40-12-14-41(15-13-40)25(43)17-29(2,3)4/h6-11,16,18H,1,12-15,17H2,2-5H3,(H,35,42)(H2,34,36,37,39). The van der Waals surface area contributed by atoms with E-state index in [2.05, 4.69) is 37.5 Å². The number of carbonyl (C=O) groups excluding carboxylic acids is 2. The zero-order valence-corrected chi connectivity index (χ0v) is 25.0. The van der Waals surface area contributed by atoms with E-state index in [1.807, 2.05) is 30.6 Å². The lowest BCUT2D eigenvalue weighted by atomic mass is 9.91. The Hall–Kier alpha value is -4.88. The third-order valence-corrected chi connectivity index (χ3v) is 6.60. The molecule has 4 rings (SSSR count). The van der Waals surface area contributed by atoms with Crippen LogP contribution in [0.5, 0.6) is 5.88 Å². The summed E-state index contributed by atoms with van der Waals surface area (Å²) in [6.07, 6.45) is -2.51. The van der Waals surface area contributed by atoms with Crippen LogP contribution in [-0.2, 0) is 15.8 Å². The van der Waals surface area contributed by atoms with Gasteiger partial charge in [0.25, 0.3) is 0 Å². The number of ether oxygens (including phenoxy) is 1. The summed E-state index contributed by atoms with van der Waals surface area (Å²) in [5, 5.41) is 8.12. The molecule has 0 aliphatic carbocycles. The van der Waals surface area contributed by atoms with Crippen LogP contribution in [0.2, 0.25) is 0 Å². The summed E-state index contributed by atoms with van der Waals surface area (Å²) in [6, 6.07) is 9.58. The molecule has 1 aliphatic rings. The second-order valence-corrected chi connectivity index (χ2v) is 11.3. The summed E-state index contributed by atoms with van der Waals surface area (Å²) >= 11 is 0. The number of rotatable bonds is 9. The molecule has 0 bridgehead atoms. The fraction of sp³-hybridized carbons (Fsp3) is 0.367. The monoisotopic (exact) mass is 612 g/mol. The molecular formula is C30H35F3N8O3. The summed E-state index contributed by atoms with van der Waals surface area (Å²) < 4.78 is 46.9. The molecule has 3 heterocycles. The molecule has 2 amide bonds. The van der Waals surface area contributed by atoms with Crippen molar-refractivity contribution < 1.29 is 27.5 Å². The van der Waals surface area contributed by atoms with Crippen LogP contribution in [0.15, 0.2) is 55.3 Å². The normalized spacial score (nSPS) is 13.7. The van der Waals surface area contributed by atoms with Crippen LogP contribution >= 0.6 is 0 Å². The predicted octanol–water partition coefficient (Wildman–Crippen LogP) is 5.60. The molecule has 1 fully saturated rings. The lowest BCUT2D eigenvalue weighted by Crippen LogP contribution is -2.49. The maximum absolute atomic E-state index is 13.8. The molecule has 44 heavy (non-hydrogen) atoms. The lowest BCUT2D eigenvalue weighted by molar-refractivity contribution is -0.137.